The highest BCUT2D eigenvalue weighted by atomic mass is 16.5. The standard InChI is InChI=1S/C8H15NO2/c1-8(10-2)7-9-3-5-11-6-4-9/h2,8H,3-7H2,1H3. The van der Waals surface area contributed by atoms with E-state index >= 15 is 0 Å². The molecule has 0 bridgehead atoms. The number of nitrogens with zero attached hydrogens (tertiary/aromatic N) is 1. The Labute approximate surface area is 68.3 Å². The van der Waals surface area contributed by atoms with Crippen LogP contribution in [-0.2, 0) is 9.47 Å². The van der Waals surface area contributed by atoms with Gasteiger partial charge in [-0.05, 0) is 6.92 Å². The van der Waals surface area contributed by atoms with E-state index in [4.69, 9.17) is 11.8 Å². The summed E-state index contributed by atoms with van der Waals surface area (Å²) in [7, 11) is 5.03. The maximum Gasteiger partial charge on any atom is 0.115 e. The van der Waals surface area contributed by atoms with Crippen molar-refractivity contribution in [3.63, 3.8) is 0 Å². The summed E-state index contributed by atoms with van der Waals surface area (Å²) in [6.07, 6.45) is 0.119. The van der Waals surface area contributed by atoms with Crippen LogP contribution in [0.15, 0.2) is 0 Å². The third-order valence-electron chi connectivity index (χ3n) is 1.85. The average molecular weight is 157 g/mol. The summed E-state index contributed by atoms with van der Waals surface area (Å²) in [4.78, 5) is 2.29. The number of morpholine rings is 1. The maximum atomic E-state index is 5.20. The van der Waals surface area contributed by atoms with Gasteiger partial charge in [0.25, 0.3) is 0 Å². The molecule has 1 atom stereocenters. The van der Waals surface area contributed by atoms with E-state index in [9.17, 15) is 0 Å². The summed E-state index contributed by atoms with van der Waals surface area (Å²) in [5.74, 6) is 0. The van der Waals surface area contributed by atoms with Gasteiger partial charge in [-0.15, -0.1) is 0 Å². The molecule has 1 aliphatic rings. The second kappa shape index (κ2) is 4.70. The van der Waals surface area contributed by atoms with Crippen molar-refractivity contribution in [1.29, 1.82) is 0 Å². The zero-order valence-corrected chi connectivity index (χ0v) is 6.95. The lowest BCUT2D eigenvalue weighted by molar-refractivity contribution is 0.0140. The van der Waals surface area contributed by atoms with Crippen molar-refractivity contribution in [2.45, 2.75) is 13.0 Å². The van der Waals surface area contributed by atoms with E-state index in [1.54, 1.807) is 0 Å². The quantitative estimate of drug-likeness (QED) is 0.591. The topological polar surface area (TPSA) is 21.7 Å². The molecule has 0 amide bonds. The Hall–Kier alpha value is -0.120. The molecule has 2 radical (unpaired) electrons. The van der Waals surface area contributed by atoms with Crippen LogP contribution in [0.5, 0.6) is 0 Å². The van der Waals surface area contributed by atoms with Gasteiger partial charge in [-0.3, -0.25) is 4.90 Å². The van der Waals surface area contributed by atoms with Crippen LogP contribution in [-0.4, -0.2) is 43.9 Å². The predicted molar refractivity (Wildman–Crippen MR) is 42.1 cm³/mol. The van der Waals surface area contributed by atoms with Crippen molar-refractivity contribution in [1.82, 2.24) is 4.90 Å². The van der Waals surface area contributed by atoms with Crippen molar-refractivity contribution < 1.29 is 9.47 Å². The third kappa shape index (κ3) is 3.18. The minimum absolute atomic E-state index is 0.119. The van der Waals surface area contributed by atoms with Crippen LogP contribution < -0.4 is 0 Å². The van der Waals surface area contributed by atoms with Gasteiger partial charge in [0, 0.05) is 19.6 Å². The molecule has 0 aliphatic carbocycles. The minimum atomic E-state index is 0.119. The second-order valence-electron chi connectivity index (χ2n) is 2.86. The number of hydrogen-bond donors (Lipinski definition) is 0. The summed E-state index contributed by atoms with van der Waals surface area (Å²) in [5, 5.41) is 0. The number of hydrogen-bond acceptors (Lipinski definition) is 3. The van der Waals surface area contributed by atoms with E-state index in [1.165, 1.54) is 0 Å². The summed E-state index contributed by atoms with van der Waals surface area (Å²) in [5.41, 5.74) is 0. The van der Waals surface area contributed by atoms with Crippen LogP contribution in [0.4, 0.5) is 0 Å². The summed E-state index contributed by atoms with van der Waals surface area (Å²) < 4.78 is 9.87. The van der Waals surface area contributed by atoms with Gasteiger partial charge >= 0.3 is 0 Å². The maximum absolute atomic E-state index is 5.20. The molecule has 64 valence electrons. The molecule has 1 unspecified atom stereocenters. The van der Waals surface area contributed by atoms with Crippen molar-refractivity contribution in [3.8, 4) is 0 Å². The highest BCUT2D eigenvalue weighted by Gasteiger charge is 2.12. The molecule has 0 saturated carbocycles. The first kappa shape index (κ1) is 8.97. The molecule has 0 aromatic carbocycles. The fourth-order valence-corrected chi connectivity index (χ4v) is 1.19. The monoisotopic (exact) mass is 157 g/mol. The Morgan fingerprint density at radius 2 is 2.18 bits per heavy atom. The lowest BCUT2D eigenvalue weighted by Gasteiger charge is -2.28. The van der Waals surface area contributed by atoms with Crippen molar-refractivity contribution in [2.24, 2.45) is 0 Å². The molecule has 11 heavy (non-hydrogen) atoms. The Bertz CT molecular complexity index is 102. The molecular formula is C8H15NO2. The Morgan fingerprint density at radius 1 is 1.55 bits per heavy atom. The zero-order chi connectivity index (χ0) is 8.10. The third-order valence-corrected chi connectivity index (χ3v) is 1.85. The van der Waals surface area contributed by atoms with Gasteiger partial charge in [0.2, 0.25) is 0 Å². The van der Waals surface area contributed by atoms with E-state index < -0.39 is 0 Å². The molecule has 0 aromatic rings. The smallest absolute Gasteiger partial charge is 0.115 e. The highest BCUT2D eigenvalue weighted by Crippen LogP contribution is 1.99. The van der Waals surface area contributed by atoms with Gasteiger partial charge < -0.3 is 9.47 Å². The van der Waals surface area contributed by atoms with E-state index in [0.29, 0.717) is 0 Å². The summed E-state index contributed by atoms with van der Waals surface area (Å²) in [6.45, 7) is 6.52. The van der Waals surface area contributed by atoms with Crippen LogP contribution in [0.1, 0.15) is 6.92 Å². The lowest BCUT2D eigenvalue weighted by atomic mass is 10.3. The largest absolute Gasteiger partial charge is 0.379 e. The Morgan fingerprint density at radius 3 is 2.73 bits per heavy atom. The highest BCUT2D eigenvalue weighted by molar-refractivity contribution is 4.65. The van der Waals surface area contributed by atoms with Crippen LogP contribution in [0.25, 0.3) is 0 Å². The molecule has 1 rings (SSSR count). The Kier molecular flexibility index (Phi) is 3.83. The van der Waals surface area contributed by atoms with Crippen molar-refractivity contribution >= 4 is 0 Å². The molecule has 3 nitrogen and oxygen atoms in total. The molecule has 1 heterocycles. The molecule has 1 aliphatic heterocycles. The van der Waals surface area contributed by atoms with Gasteiger partial charge in [-0.25, -0.2) is 0 Å². The second-order valence-corrected chi connectivity index (χ2v) is 2.86. The average Bonchev–Trinajstić information content (AvgIpc) is 2.06. The number of rotatable bonds is 3. The van der Waals surface area contributed by atoms with Gasteiger partial charge in [0.05, 0.1) is 19.3 Å². The van der Waals surface area contributed by atoms with Crippen LogP contribution >= 0.6 is 0 Å². The van der Waals surface area contributed by atoms with E-state index in [0.717, 1.165) is 32.8 Å². The number of ether oxygens (including phenoxy) is 2. The molecule has 3 heteroatoms. The van der Waals surface area contributed by atoms with E-state index in [2.05, 4.69) is 9.64 Å². The van der Waals surface area contributed by atoms with Gasteiger partial charge in [0.1, 0.15) is 7.11 Å². The zero-order valence-electron chi connectivity index (χ0n) is 6.95. The van der Waals surface area contributed by atoms with Crippen molar-refractivity contribution in [2.75, 3.05) is 32.8 Å². The van der Waals surface area contributed by atoms with E-state index in [1.807, 2.05) is 6.92 Å². The fraction of sp³-hybridized carbons (Fsp3) is 0.875. The normalized spacial score (nSPS) is 23.5. The Balaban J connectivity index is 2.13. The lowest BCUT2D eigenvalue weighted by Crippen LogP contribution is -2.40. The summed E-state index contributed by atoms with van der Waals surface area (Å²) >= 11 is 0. The molecule has 0 spiro atoms. The van der Waals surface area contributed by atoms with Gasteiger partial charge in [-0.2, -0.15) is 0 Å². The first-order chi connectivity index (χ1) is 5.33. The minimum Gasteiger partial charge on any atom is -0.379 e. The molecule has 1 fully saturated rings. The van der Waals surface area contributed by atoms with Crippen molar-refractivity contribution in [3.05, 3.63) is 7.11 Å². The molecular weight excluding hydrogens is 142 g/mol. The molecule has 0 N–H and O–H groups in total. The van der Waals surface area contributed by atoms with Crippen LogP contribution in [0.2, 0.25) is 0 Å². The van der Waals surface area contributed by atoms with E-state index in [-0.39, 0.29) is 6.10 Å². The van der Waals surface area contributed by atoms with Gasteiger partial charge in [-0.1, -0.05) is 0 Å². The molecule has 1 saturated heterocycles. The summed E-state index contributed by atoms with van der Waals surface area (Å²) in [6, 6.07) is 0. The molecule has 0 aromatic heterocycles. The SMILES string of the molecule is [CH]OC(C)CN1CCOCC1. The first-order valence-corrected chi connectivity index (χ1v) is 3.98. The van der Waals surface area contributed by atoms with Gasteiger partial charge in [0.15, 0.2) is 0 Å². The predicted octanol–water partition coefficient (Wildman–Crippen LogP) is 0.392. The van der Waals surface area contributed by atoms with Crippen LogP contribution in [0.3, 0.4) is 0 Å². The van der Waals surface area contributed by atoms with Crippen LogP contribution in [0, 0.1) is 7.11 Å². The fourth-order valence-electron chi connectivity index (χ4n) is 1.19. The first-order valence-electron chi connectivity index (χ1n) is 3.98.